The molecule has 0 radical (unpaired) electrons. The van der Waals surface area contributed by atoms with E-state index in [1.165, 1.54) is 33.5 Å². The molecule has 10 rings (SSSR count). The van der Waals surface area contributed by atoms with Crippen LogP contribution in [-0.2, 0) is 13.1 Å². The number of pyridine rings is 1. The first-order valence-corrected chi connectivity index (χ1v) is 17.9. The molecule has 0 spiro atoms. The number of anilines is 1. The number of aromatic nitrogens is 1. The van der Waals surface area contributed by atoms with Gasteiger partial charge in [0.2, 0.25) is 0 Å². The van der Waals surface area contributed by atoms with Crippen LogP contribution in [0.4, 0.5) is 5.69 Å². The van der Waals surface area contributed by atoms with Crippen molar-refractivity contribution in [2.24, 2.45) is 0 Å². The third-order valence-corrected chi connectivity index (χ3v) is 10.4. The van der Waals surface area contributed by atoms with Crippen LogP contribution in [0.3, 0.4) is 0 Å². The van der Waals surface area contributed by atoms with Crippen LogP contribution >= 0.6 is 0 Å². The first kappa shape index (κ1) is 30.1. The first-order valence-electron chi connectivity index (χ1n) is 17.9. The van der Waals surface area contributed by atoms with E-state index in [-0.39, 0.29) is 0 Å². The molecule has 0 bridgehead atoms. The van der Waals surface area contributed by atoms with Crippen molar-refractivity contribution in [2.75, 3.05) is 4.90 Å². The summed E-state index contributed by atoms with van der Waals surface area (Å²) in [5, 5.41) is 2.29. The minimum absolute atomic E-state index is 0.790. The summed E-state index contributed by atoms with van der Waals surface area (Å²) in [4.78, 5) is 7.63. The van der Waals surface area contributed by atoms with Crippen LogP contribution in [0.2, 0.25) is 0 Å². The van der Waals surface area contributed by atoms with Crippen molar-refractivity contribution in [1.29, 1.82) is 0 Å². The predicted molar refractivity (Wildman–Crippen MR) is 215 cm³/mol. The van der Waals surface area contributed by atoms with Gasteiger partial charge in [0.25, 0.3) is 0 Å². The molecule has 0 unspecified atom stereocenters. The van der Waals surface area contributed by atoms with E-state index < -0.39 is 0 Å². The molecule has 0 fully saturated rings. The fourth-order valence-electron chi connectivity index (χ4n) is 7.77. The Labute approximate surface area is 303 Å². The molecule has 9 aromatic rings. The largest absolute Gasteiger partial charge is 0.455 e. The fraction of sp³-hybridized carbons (Fsp3) is 0.0408. The number of furan rings is 1. The number of para-hydroxylation sites is 3. The third kappa shape index (κ3) is 5.35. The van der Waals surface area contributed by atoms with Crippen LogP contribution in [-0.4, -0.2) is 4.98 Å². The molecule has 0 atom stereocenters. The second-order valence-electron chi connectivity index (χ2n) is 13.6. The Morgan fingerprint density at radius 3 is 1.79 bits per heavy atom. The van der Waals surface area contributed by atoms with E-state index >= 15 is 0 Å². The molecule has 1 aliphatic heterocycles. The highest BCUT2D eigenvalue weighted by molar-refractivity contribution is 6.09. The molecule has 0 aliphatic carbocycles. The Morgan fingerprint density at radius 2 is 1.04 bits per heavy atom. The fourth-order valence-corrected chi connectivity index (χ4v) is 7.77. The van der Waals surface area contributed by atoms with Gasteiger partial charge in [0, 0.05) is 46.2 Å². The molecule has 52 heavy (non-hydrogen) atoms. The maximum Gasteiger partial charge on any atom is 0.143 e. The molecule has 2 aromatic heterocycles. The van der Waals surface area contributed by atoms with Crippen LogP contribution in [0.15, 0.2) is 186 Å². The van der Waals surface area contributed by atoms with Crippen molar-refractivity contribution >= 4 is 27.6 Å². The summed E-state index contributed by atoms with van der Waals surface area (Å²) in [6, 6.07) is 64.9. The Hall–Kier alpha value is -6.71. The standard InChI is InChI=1S/C49H34N2O/c1-4-13-33(14-5-1)46-29-38(30-47(50-46)34-15-6-2-7-16-34)35-25-26-41-39(27-35)32-51(40-17-8-3-9-18-40)31-37-24-23-36(28-45(37)41)42-20-12-21-44-43-19-10-11-22-48(43)52-49(42)44/h1-30H,31-32H2. The van der Waals surface area contributed by atoms with Gasteiger partial charge in [-0.3, -0.25) is 0 Å². The van der Waals surface area contributed by atoms with Crippen LogP contribution in [0.1, 0.15) is 11.1 Å². The van der Waals surface area contributed by atoms with Crippen molar-refractivity contribution in [3.63, 3.8) is 0 Å². The molecular formula is C49H34N2O. The molecule has 3 heteroatoms. The minimum Gasteiger partial charge on any atom is -0.455 e. The molecule has 3 nitrogen and oxygen atoms in total. The van der Waals surface area contributed by atoms with Crippen LogP contribution in [0.5, 0.6) is 0 Å². The highest BCUT2D eigenvalue weighted by atomic mass is 16.3. The second-order valence-corrected chi connectivity index (χ2v) is 13.6. The smallest absolute Gasteiger partial charge is 0.143 e. The maximum absolute atomic E-state index is 6.49. The molecule has 1 aliphatic rings. The van der Waals surface area contributed by atoms with Gasteiger partial charge in [-0.05, 0) is 81.4 Å². The Kier molecular flexibility index (Phi) is 7.28. The summed E-state index contributed by atoms with van der Waals surface area (Å²) in [6.45, 7) is 1.60. The molecular weight excluding hydrogens is 633 g/mol. The van der Waals surface area contributed by atoms with E-state index in [9.17, 15) is 0 Å². The Morgan fingerprint density at radius 1 is 0.404 bits per heavy atom. The quantitative estimate of drug-likeness (QED) is 0.183. The summed E-state index contributed by atoms with van der Waals surface area (Å²) in [5.74, 6) is 0. The summed E-state index contributed by atoms with van der Waals surface area (Å²) >= 11 is 0. The van der Waals surface area contributed by atoms with E-state index in [0.717, 1.165) is 74.2 Å². The zero-order valence-electron chi connectivity index (χ0n) is 28.5. The molecule has 0 saturated carbocycles. The monoisotopic (exact) mass is 666 g/mol. The van der Waals surface area contributed by atoms with E-state index in [2.05, 4.69) is 181 Å². The Bertz CT molecular complexity index is 2670. The summed E-state index contributed by atoms with van der Waals surface area (Å²) in [6.07, 6.45) is 0. The second kappa shape index (κ2) is 12.6. The average molecular weight is 667 g/mol. The SMILES string of the molecule is c1ccc(-c2cc(-c3ccc4c(c3)CN(c3ccccc3)Cc3ccc(-c5cccc6c5oc5ccccc56)cc3-4)cc(-c3ccccc3)n2)cc1. The summed E-state index contributed by atoms with van der Waals surface area (Å²) in [5.41, 5.74) is 16.9. The lowest BCUT2D eigenvalue weighted by Crippen LogP contribution is -2.20. The predicted octanol–water partition coefficient (Wildman–Crippen LogP) is 12.8. The van der Waals surface area contributed by atoms with Gasteiger partial charge in [-0.15, -0.1) is 0 Å². The average Bonchev–Trinajstić information content (AvgIpc) is 3.52. The molecule has 246 valence electrons. The summed E-state index contributed by atoms with van der Waals surface area (Å²) in [7, 11) is 0. The highest BCUT2D eigenvalue weighted by Gasteiger charge is 2.22. The van der Waals surface area contributed by atoms with Gasteiger partial charge in [-0.25, -0.2) is 4.98 Å². The zero-order chi connectivity index (χ0) is 34.4. The van der Waals surface area contributed by atoms with E-state index in [1.807, 2.05) is 6.07 Å². The number of benzene rings is 7. The van der Waals surface area contributed by atoms with Gasteiger partial charge in [0.15, 0.2) is 0 Å². The number of fused-ring (bicyclic) bond motifs is 6. The lowest BCUT2D eigenvalue weighted by Gasteiger charge is -2.24. The molecule has 3 heterocycles. The van der Waals surface area contributed by atoms with Gasteiger partial charge < -0.3 is 9.32 Å². The highest BCUT2D eigenvalue weighted by Crippen LogP contribution is 2.42. The third-order valence-electron chi connectivity index (χ3n) is 10.4. The van der Waals surface area contributed by atoms with Gasteiger partial charge in [0.1, 0.15) is 11.2 Å². The van der Waals surface area contributed by atoms with Crippen molar-refractivity contribution < 1.29 is 4.42 Å². The maximum atomic E-state index is 6.49. The van der Waals surface area contributed by atoms with Gasteiger partial charge >= 0.3 is 0 Å². The first-order chi connectivity index (χ1) is 25.7. The van der Waals surface area contributed by atoms with E-state index in [1.54, 1.807) is 0 Å². The molecule has 0 saturated heterocycles. The lowest BCUT2D eigenvalue weighted by molar-refractivity contribution is 0.670. The van der Waals surface area contributed by atoms with Gasteiger partial charge in [0.05, 0.1) is 11.4 Å². The summed E-state index contributed by atoms with van der Waals surface area (Å²) < 4.78 is 6.49. The molecule has 0 N–H and O–H groups in total. The van der Waals surface area contributed by atoms with E-state index in [4.69, 9.17) is 9.40 Å². The van der Waals surface area contributed by atoms with Crippen molar-refractivity contribution in [3.05, 3.63) is 193 Å². The van der Waals surface area contributed by atoms with Crippen molar-refractivity contribution in [1.82, 2.24) is 4.98 Å². The minimum atomic E-state index is 0.790. The van der Waals surface area contributed by atoms with Gasteiger partial charge in [-0.2, -0.15) is 0 Å². The number of nitrogens with zero attached hydrogens (tertiary/aromatic N) is 2. The number of hydrogen-bond acceptors (Lipinski definition) is 3. The van der Waals surface area contributed by atoms with Crippen molar-refractivity contribution in [3.8, 4) is 55.9 Å². The topological polar surface area (TPSA) is 29.3 Å². The van der Waals surface area contributed by atoms with Crippen LogP contribution in [0.25, 0.3) is 77.8 Å². The molecule has 7 aromatic carbocycles. The van der Waals surface area contributed by atoms with Crippen molar-refractivity contribution in [2.45, 2.75) is 13.1 Å². The normalized spacial score (nSPS) is 12.4. The lowest BCUT2D eigenvalue weighted by atomic mass is 9.90. The van der Waals surface area contributed by atoms with E-state index in [0.29, 0.717) is 0 Å². The van der Waals surface area contributed by atoms with Crippen LogP contribution < -0.4 is 4.90 Å². The number of hydrogen-bond donors (Lipinski definition) is 0. The zero-order valence-corrected chi connectivity index (χ0v) is 28.5. The number of rotatable bonds is 5. The van der Waals surface area contributed by atoms with Gasteiger partial charge in [-0.1, -0.05) is 140 Å². The Balaban J connectivity index is 1.14. The van der Waals surface area contributed by atoms with Crippen LogP contribution in [0, 0.1) is 0 Å². The molecule has 0 amide bonds.